The molecule has 12 heteroatoms. The van der Waals surface area contributed by atoms with E-state index in [1.54, 1.807) is 55.5 Å². The molecule has 0 aromatic heterocycles. The fourth-order valence-electron chi connectivity index (χ4n) is 4.12. The molecule has 0 heterocycles. The van der Waals surface area contributed by atoms with Gasteiger partial charge in [-0.1, -0.05) is 47.5 Å². The maximum absolute atomic E-state index is 14.0. The van der Waals surface area contributed by atoms with Gasteiger partial charge in [-0.2, -0.15) is 0 Å². The number of carbonyl (C=O) groups is 2. The van der Waals surface area contributed by atoms with Crippen molar-refractivity contribution in [2.24, 2.45) is 0 Å². The quantitative estimate of drug-likeness (QED) is 0.297. The van der Waals surface area contributed by atoms with E-state index in [4.69, 9.17) is 32.7 Å². The SMILES string of the molecule is COc1ccc(S(=O)(=O)N(CC(=O)N(Cc2ccc(Cl)cc2Cl)C(C)C(=O)NC(C)(C)C)c2ccccc2)cc1OC. The fourth-order valence-corrected chi connectivity index (χ4v) is 6.02. The average molecular weight is 637 g/mol. The summed E-state index contributed by atoms with van der Waals surface area (Å²) in [4.78, 5) is 28.5. The first-order chi connectivity index (χ1) is 19.7. The maximum atomic E-state index is 14.0. The van der Waals surface area contributed by atoms with Crippen molar-refractivity contribution in [1.82, 2.24) is 10.2 Å². The molecule has 1 N–H and O–H groups in total. The van der Waals surface area contributed by atoms with Crippen LogP contribution >= 0.6 is 23.2 Å². The van der Waals surface area contributed by atoms with Gasteiger partial charge in [0.1, 0.15) is 12.6 Å². The number of rotatable bonds is 11. The van der Waals surface area contributed by atoms with E-state index in [1.807, 2.05) is 20.8 Å². The van der Waals surface area contributed by atoms with Crippen molar-refractivity contribution in [3.05, 3.63) is 82.3 Å². The van der Waals surface area contributed by atoms with Gasteiger partial charge < -0.3 is 19.7 Å². The Balaban J connectivity index is 2.07. The molecule has 1 atom stereocenters. The predicted octanol–water partition coefficient (Wildman–Crippen LogP) is 5.54. The molecule has 42 heavy (non-hydrogen) atoms. The molecule has 0 fully saturated rings. The van der Waals surface area contributed by atoms with Gasteiger partial charge in [0.15, 0.2) is 11.5 Å². The van der Waals surface area contributed by atoms with E-state index >= 15 is 0 Å². The Morgan fingerprint density at radius 2 is 1.57 bits per heavy atom. The first-order valence-electron chi connectivity index (χ1n) is 13.0. The molecule has 0 saturated heterocycles. The molecule has 3 aromatic rings. The number of hydrogen-bond donors (Lipinski definition) is 1. The number of anilines is 1. The van der Waals surface area contributed by atoms with Crippen molar-refractivity contribution < 1.29 is 27.5 Å². The molecule has 0 spiro atoms. The van der Waals surface area contributed by atoms with E-state index in [1.165, 1.54) is 37.3 Å². The third-order valence-electron chi connectivity index (χ3n) is 6.29. The van der Waals surface area contributed by atoms with Crippen LogP contribution in [0.4, 0.5) is 5.69 Å². The van der Waals surface area contributed by atoms with Gasteiger partial charge in [0.2, 0.25) is 11.8 Å². The molecule has 0 aliphatic rings. The number of benzene rings is 3. The topological polar surface area (TPSA) is 105 Å². The zero-order valence-electron chi connectivity index (χ0n) is 24.4. The van der Waals surface area contributed by atoms with Crippen molar-refractivity contribution in [3.63, 3.8) is 0 Å². The number of nitrogens with zero attached hydrogens (tertiary/aromatic N) is 2. The summed E-state index contributed by atoms with van der Waals surface area (Å²) in [6.45, 7) is 6.40. The largest absolute Gasteiger partial charge is 0.493 e. The van der Waals surface area contributed by atoms with Crippen LogP contribution in [0.25, 0.3) is 0 Å². The molecule has 0 saturated carbocycles. The number of amides is 2. The molecule has 0 aliphatic heterocycles. The van der Waals surface area contributed by atoms with Crippen LogP contribution in [0.3, 0.4) is 0 Å². The molecular formula is C30H35Cl2N3O6S. The molecule has 9 nitrogen and oxygen atoms in total. The van der Waals surface area contributed by atoms with Gasteiger partial charge in [-0.25, -0.2) is 8.42 Å². The predicted molar refractivity (Wildman–Crippen MR) is 165 cm³/mol. The molecule has 1 unspecified atom stereocenters. The standard InChI is InChI=1S/C30H35Cl2N3O6S/c1-20(29(37)33-30(2,3)4)34(18-21-12-13-22(31)16-25(21)32)28(36)19-35(23-10-8-7-9-11-23)42(38,39)24-14-15-26(40-5)27(17-24)41-6/h7-17,20H,18-19H2,1-6H3,(H,33,37). The third kappa shape index (κ3) is 8.08. The second kappa shape index (κ2) is 13.7. The molecule has 0 radical (unpaired) electrons. The smallest absolute Gasteiger partial charge is 0.264 e. The Kier molecular flexibility index (Phi) is 10.8. The van der Waals surface area contributed by atoms with Gasteiger partial charge in [-0.05, 0) is 69.7 Å². The zero-order chi connectivity index (χ0) is 31.2. The molecule has 0 bridgehead atoms. The number of nitrogens with one attached hydrogen (secondary N) is 1. The van der Waals surface area contributed by atoms with Crippen LogP contribution in [0.2, 0.25) is 10.0 Å². The molecule has 2 amide bonds. The zero-order valence-corrected chi connectivity index (χ0v) is 26.7. The summed E-state index contributed by atoms with van der Waals surface area (Å²) in [5.74, 6) is -0.465. The second-order valence-electron chi connectivity index (χ2n) is 10.5. The fraction of sp³-hybridized carbons (Fsp3) is 0.333. The summed E-state index contributed by atoms with van der Waals surface area (Å²) in [6, 6.07) is 16.3. The highest BCUT2D eigenvalue weighted by atomic mass is 35.5. The van der Waals surface area contributed by atoms with Crippen molar-refractivity contribution in [3.8, 4) is 11.5 Å². The Labute approximate surface area is 257 Å². The summed E-state index contributed by atoms with van der Waals surface area (Å²) in [5, 5.41) is 3.60. The van der Waals surface area contributed by atoms with Gasteiger partial charge in [0, 0.05) is 28.2 Å². The number of ether oxygens (including phenoxy) is 2. The minimum absolute atomic E-state index is 0.0629. The first-order valence-corrected chi connectivity index (χ1v) is 15.2. The lowest BCUT2D eigenvalue weighted by atomic mass is 10.1. The summed E-state index contributed by atoms with van der Waals surface area (Å²) in [6.07, 6.45) is 0. The van der Waals surface area contributed by atoms with Crippen molar-refractivity contribution in [1.29, 1.82) is 0 Å². The van der Waals surface area contributed by atoms with E-state index in [0.29, 0.717) is 21.4 Å². The lowest BCUT2D eigenvalue weighted by molar-refractivity contribution is -0.140. The van der Waals surface area contributed by atoms with Crippen LogP contribution in [0.15, 0.2) is 71.6 Å². The van der Waals surface area contributed by atoms with Crippen LogP contribution in [0, 0.1) is 0 Å². The number of para-hydroxylation sites is 1. The van der Waals surface area contributed by atoms with Crippen molar-refractivity contribution in [2.45, 2.75) is 50.7 Å². The van der Waals surface area contributed by atoms with E-state index < -0.39 is 40.0 Å². The number of carbonyl (C=O) groups excluding carboxylic acids is 2. The molecule has 3 rings (SSSR count). The molecule has 0 aliphatic carbocycles. The second-order valence-corrected chi connectivity index (χ2v) is 13.2. The highest BCUT2D eigenvalue weighted by Gasteiger charge is 2.34. The maximum Gasteiger partial charge on any atom is 0.264 e. The normalized spacial score (nSPS) is 12.3. The molecule has 226 valence electrons. The van der Waals surface area contributed by atoms with E-state index in [-0.39, 0.29) is 22.9 Å². The number of hydrogen-bond acceptors (Lipinski definition) is 6. The summed E-state index contributed by atoms with van der Waals surface area (Å²) >= 11 is 12.5. The van der Waals surface area contributed by atoms with Crippen LogP contribution in [0.1, 0.15) is 33.3 Å². The summed E-state index contributed by atoms with van der Waals surface area (Å²) in [5.41, 5.74) is 0.237. The summed E-state index contributed by atoms with van der Waals surface area (Å²) < 4.78 is 39.7. The van der Waals surface area contributed by atoms with Crippen LogP contribution in [-0.4, -0.2) is 57.5 Å². The summed E-state index contributed by atoms with van der Waals surface area (Å²) in [7, 11) is -1.45. The lowest BCUT2D eigenvalue weighted by Gasteiger charge is -2.33. The van der Waals surface area contributed by atoms with E-state index in [2.05, 4.69) is 5.32 Å². The van der Waals surface area contributed by atoms with E-state index in [9.17, 15) is 18.0 Å². The van der Waals surface area contributed by atoms with E-state index in [0.717, 1.165) is 4.31 Å². The minimum Gasteiger partial charge on any atom is -0.493 e. The third-order valence-corrected chi connectivity index (χ3v) is 8.64. The van der Waals surface area contributed by atoms with Crippen LogP contribution in [-0.2, 0) is 26.2 Å². The van der Waals surface area contributed by atoms with Gasteiger partial charge in [0.25, 0.3) is 10.0 Å². The van der Waals surface area contributed by atoms with Crippen molar-refractivity contribution >= 4 is 50.7 Å². The Morgan fingerprint density at radius 3 is 2.14 bits per heavy atom. The molecular weight excluding hydrogens is 601 g/mol. The van der Waals surface area contributed by atoms with Gasteiger partial charge in [0.05, 0.1) is 24.8 Å². The van der Waals surface area contributed by atoms with Gasteiger partial charge in [-0.3, -0.25) is 13.9 Å². The Bertz CT molecular complexity index is 1530. The highest BCUT2D eigenvalue weighted by molar-refractivity contribution is 7.92. The van der Waals surface area contributed by atoms with Gasteiger partial charge >= 0.3 is 0 Å². The Hall–Kier alpha value is -3.47. The highest BCUT2D eigenvalue weighted by Crippen LogP contribution is 2.32. The van der Waals surface area contributed by atoms with Crippen LogP contribution < -0.4 is 19.1 Å². The monoisotopic (exact) mass is 635 g/mol. The number of sulfonamides is 1. The average Bonchev–Trinajstić information content (AvgIpc) is 2.94. The number of halogens is 2. The van der Waals surface area contributed by atoms with Crippen LogP contribution in [0.5, 0.6) is 11.5 Å². The van der Waals surface area contributed by atoms with Gasteiger partial charge in [-0.15, -0.1) is 0 Å². The molecule has 3 aromatic carbocycles. The lowest BCUT2D eigenvalue weighted by Crippen LogP contribution is -2.54. The Morgan fingerprint density at radius 1 is 0.929 bits per heavy atom. The minimum atomic E-state index is -4.30. The number of methoxy groups -OCH3 is 2. The first kappa shape index (κ1) is 33.0. The van der Waals surface area contributed by atoms with Crippen molar-refractivity contribution in [2.75, 3.05) is 25.1 Å².